The molecule has 1 saturated heterocycles. The Morgan fingerprint density at radius 3 is 2.75 bits per heavy atom. The molecule has 2 rings (SSSR count). The zero-order valence-corrected chi connectivity index (χ0v) is 14.1. The molecule has 8 heteroatoms. The molecular weight excluding hydrogens is 339 g/mol. The standard InChI is InChI=1S/C16H18ClFN2O4/c1-9(16(23)24)7-19(2)15(22)10-5-14(21)20(8-10)11-3-4-12(17)13(18)6-11/h3-4,6,9-10H,5,7-8H2,1-2H3,(H,23,24). The lowest BCUT2D eigenvalue weighted by Gasteiger charge is -2.23. The van der Waals surface area contributed by atoms with Gasteiger partial charge in [-0.15, -0.1) is 0 Å². The number of nitrogens with zero attached hydrogens (tertiary/aromatic N) is 2. The van der Waals surface area contributed by atoms with Crippen LogP contribution >= 0.6 is 11.6 Å². The Balaban J connectivity index is 2.07. The largest absolute Gasteiger partial charge is 0.481 e. The maximum Gasteiger partial charge on any atom is 0.308 e. The van der Waals surface area contributed by atoms with Gasteiger partial charge in [-0.2, -0.15) is 0 Å². The smallest absolute Gasteiger partial charge is 0.308 e. The van der Waals surface area contributed by atoms with E-state index in [4.69, 9.17) is 16.7 Å². The van der Waals surface area contributed by atoms with Crippen LogP contribution < -0.4 is 4.90 Å². The monoisotopic (exact) mass is 356 g/mol. The molecule has 2 unspecified atom stereocenters. The summed E-state index contributed by atoms with van der Waals surface area (Å²) in [5.41, 5.74) is 0.346. The molecule has 1 aromatic rings. The Labute approximate surface area is 143 Å². The zero-order chi connectivity index (χ0) is 18.0. The highest BCUT2D eigenvalue weighted by atomic mass is 35.5. The van der Waals surface area contributed by atoms with Gasteiger partial charge in [-0.05, 0) is 18.2 Å². The molecule has 1 N–H and O–H groups in total. The van der Waals surface area contributed by atoms with Gasteiger partial charge in [0.25, 0.3) is 0 Å². The summed E-state index contributed by atoms with van der Waals surface area (Å²) in [7, 11) is 1.51. The molecule has 2 atom stereocenters. The number of carboxylic acids is 1. The van der Waals surface area contributed by atoms with Crippen molar-refractivity contribution < 1.29 is 23.9 Å². The molecule has 1 aromatic carbocycles. The number of hydrogen-bond acceptors (Lipinski definition) is 3. The molecule has 0 bridgehead atoms. The molecule has 6 nitrogen and oxygen atoms in total. The van der Waals surface area contributed by atoms with E-state index >= 15 is 0 Å². The molecule has 1 fully saturated rings. The molecule has 2 amide bonds. The van der Waals surface area contributed by atoms with E-state index in [-0.39, 0.29) is 36.3 Å². The van der Waals surface area contributed by atoms with Gasteiger partial charge >= 0.3 is 5.97 Å². The second kappa shape index (κ2) is 7.17. The average molecular weight is 357 g/mol. The van der Waals surface area contributed by atoms with Crippen molar-refractivity contribution >= 4 is 35.1 Å². The van der Waals surface area contributed by atoms with E-state index in [0.29, 0.717) is 5.69 Å². The number of carbonyl (C=O) groups excluding carboxylic acids is 2. The quantitative estimate of drug-likeness (QED) is 0.875. The van der Waals surface area contributed by atoms with Crippen molar-refractivity contribution in [3.63, 3.8) is 0 Å². The Hall–Kier alpha value is -2.15. The number of anilines is 1. The Kier molecular flexibility index (Phi) is 5.43. The van der Waals surface area contributed by atoms with E-state index in [1.165, 1.54) is 35.9 Å². The van der Waals surface area contributed by atoms with Crippen molar-refractivity contribution in [1.82, 2.24) is 4.90 Å². The maximum absolute atomic E-state index is 13.6. The van der Waals surface area contributed by atoms with Crippen molar-refractivity contribution in [3.8, 4) is 0 Å². The van der Waals surface area contributed by atoms with Crippen LogP contribution in [0.4, 0.5) is 10.1 Å². The van der Waals surface area contributed by atoms with Crippen LogP contribution in [0.3, 0.4) is 0 Å². The second-order valence-electron chi connectivity index (χ2n) is 5.96. The first kappa shape index (κ1) is 18.2. The van der Waals surface area contributed by atoms with Crippen LogP contribution in [0.1, 0.15) is 13.3 Å². The molecule has 0 aliphatic carbocycles. The fourth-order valence-electron chi connectivity index (χ4n) is 2.67. The topological polar surface area (TPSA) is 77.9 Å². The van der Waals surface area contributed by atoms with Crippen LogP contribution in [0, 0.1) is 17.7 Å². The number of rotatable bonds is 5. The Bertz CT molecular complexity index is 682. The summed E-state index contributed by atoms with van der Waals surface area (Å²) in [5, 5.41) is 8.87. The summed E-state index contributed by atoms with van der Waals surface area (Å²) in [6, 6.07) is 4.03. The van der Waals surface area contributed by atoms with Crippen LogP contribution in [-0.4, -0.2) is 47.9 Å². The maximum atomic E-state index is 13.6. The minimum absolute atomic E-state index is 0.00880. The summed E-state index contributed by atoms with van der Waals surface area (Å²) in [4.78, 5) is 38.1. The first-order chi connectivity index (χ1) is 11.2. The van der Waals surface area contributed by atoms with Crippen molar-refractivity contribution in [2.75, 3.05) is 25.0 Å². The third-order valence-corrected chi connectivity index (χ3v) is 4.34. The van der Waals surface area contributed by atoms with E-state index < -0.39 is 23.6 Å². The van der Waals surface area contributed by atoms with E-state index in [2.05, 4.69) is 0 Å². The zero-order valence-electron chi connectivity index (χ0n) is 13.3. The third kappa shape index (κ3) is 3.84. The predicted octanol–water partition coefficient (Wildman–Crippen LogP) is 2.01. The number of amides is 2. The van der Waals surface area contributed by atoms with Gasteiger partial charge in [0.05, 0.1) is 16.9 Å². The first-order valence-electron chi connectivity index (χ1n) is 7.44. The van der Waals surface area contributed by atoms with Crippen molar-refractivity contribution in [2.45, 2.75) is 13.3 Å². The molecule has 0 aromatic heterocycles. The number of carboxylic acid groups (broad SMARTS) is 1. The van der Waals surface area contributed by atoms with Gasteiger partial charge in [0.2, 0.25) is 11.8 Å². The number of halogens is 2. The minimum atomic E-state index is -0.990. The van der Waals surface area contributed by atoms with Crippen molar-refractivity contribution in [2.24, 2.45) is 11.8 Å². The van der Waals surface area contributed by atoms with Gasteiger partial charge in [0.15, 0.2) is 0 Å². The van der Waals surface area contributed by atoms with Gasteiger partial charge in [-0.25, -0.2) is 4.39 Å². The summed E-state index contributed by atoms with van der Waals surface area (Å²) >= 11 is 5.63. The fraction of sp³-hybridized carbons (Fsp3) is 0.438. The van der Waals surface area contributed by atoms with Crippen molar-refractivity contribution in [3.05, 3.63) is 29.0 Å². The molecule has 130 valence electrons. The van der Waals surface area contributed by atoms with E-state index in [1.807, 2.05) is 0 Å². The highest BCUT2D eigenvalue weighted by molar-refractivity contribution is 6.30. The van der Waals surface area contributed by atoms with Gasteiger partial charge in [0, 0.05) is 32.2 Å². The highest BCUT2D eigenvalue weighted by Gasteiger charge is 2.37. The highest BCUT2D eigenvalue weighted by Crippen LogP contribution is 2.28. The molecule has 0 radical (unpaired) electrons. The SMILES string of the molecule is CC(CN(C)C(=O)C1CC(=O)N(c2ccc(Cl)c(F)c2)C1)C(=O)O. The number of aliphatic carboxylic acids is 1. The van der Waals surface area contributed by atoms with E-state index in [0.717, 1.165) is 6.07 Å². The fourth-order valence-corrected chi connectivity index (χ4v) is 2.78. The van der Waals surface area contributed by atoms with Crippen LogP contribution in [0.2, 0.25) is 5.02 Å². The van der Waals surface area contributed by atoms with Gasteiger partial charge < -0.3 is 14.9 Å². The minimum Gasteiger partial charge on any atom is -0.481 e. The lowest BCUT2D eigenvalue weighted by Crippen LogP contribution is -2.38. The van der Waals surface area contributed by atoms with Crippen molar-refractivity contribution in [1.29, 1.82) is 0 Å². The van der Waals surface area contributed by atoms with Crippen LogP contribution in [-0.2, 0) is 14.4 Å². The summed E-state index contributed by atoms with van der Waals surface area (Å²) < 4.78 is 13.6. The average Bonchev–Trinajstić information content (AvgIpc) is 2.90. The number of carbonyl (C=O) groups is 3. The predicted molar refractivity (Wildman–Crippen MR) is 86.3 cm³/mol. The number of hydrogen-bond donors (Lipinski definition) is 1. The molecule has 1 aliphatic heterocycles. The molecular formula is C16H18ClFN2O4. The van der Waals surface area contributed by atoms with E-state index in [9.17, 15) is 18.8 Å². The summed E-state index contributed by atoms with van der Waals surface area (Å²) in [6.45, 7) is 1.70. The molecule has 1 heterocycles. The lowest BCUT2D eigenvalue weighted by molar-refractivity contribution is -0.143. The summed E-state index contributed by atoms with van der Waals surface area (Å²) in [6.07, 6.45) is 0.00880. The Morgan fingerprint density at radius 1 is 1.50 bits per heavy atom. The Morgan fingerprint density at radius 2 is 2.17 bits per heavy atom. The third-order valence-electron chi connectivity index (χ3n) is 4.03. The molecule has 0 saturated carbocycles. The van der Waals surface area contributed by atoms with Crippen LogP contribution in [0.5, 0.6) is 0 Å². The lowest BCUT2D eigenvalue weighted by atomic mass is 10.1. The number of benzene rings is 1. The van der Waals surface area contributed by atoms with Crippen LogP contribution in [0.25, 0.3) is 0 Å². The van der Waals surface area contributed by atoms with Gasteiger partial charge in [0.1, 0.15) is 5.82 Å². The molecule has 1 aliphatic rings. The second-order valence-corrected chi connectivity index (χ2v) is 6.37. The van der Waals surface area contributed by atoms with E-state index in [1.54, 1.807) is 0 Å². The molecule has 24 heavy (non-hydrogen) atoms. The normalized spacial score (nSPS) is 18.6. The first-order valence-corrected chi connectivity index (χ1v) is 7.81. The molecule has 0 spiro atoms. The summed E-state index contributed by atoms with van der Waals surface area (Å²) in [5.74, 6) is -3.48. The van der Waals surface area contributed by atoms with Crippen LogP contribution in [0.15, 0.2) is 18.2 Å². The van der Waals surface area contributed by atoms with Gasteiger partial charge in [-0.3, -0.25) is 14.4 Å². The van der Waals surface area contributed by atoms with Gasteiger partial charge in [-0.1, -0.05) is 18.5 Å².